The van der Waals surface area contributed by atoms with Gasteiger partial charge in [-0.05, 0) is 24.3 Å². The Morgan fingerprint density at radius 2 is 1.85 bits per heavy atom. The number of hydrogen-bond acceptors (Lipinski definition) is 3. The molecule has 2 aromatic rings. The van der Waals surface area contributed by atoms with Crippen LogP contribution in [0.3, 0.4) is 0 Å². The Morgan fingerprint density at radius 3 is 2.45 bits per heavy atom. The van der Waals surface area contributed by atoms with Crippen LogP contribution >= 0.6 is 0 Å². The van der Waals surface area contributed by atoms with Gasteiger partial charge in [-0.1, -0.05) is 0 Å². The van der Waals surface area contributed by atoms with Gasteiger partial charge < -0.3 is 10.6 Å². The lowest BCUT2D eigenvalue weighted by atomic mass is 10.2. The van der Waals surface area contributed by atoms with E-state index in [0.29, 0.717) is 5.69 Å². The standard InChI is InChI=1S/C13H13FN4O2/c1-15-13(20)11-10(7-18(2)17-11)16-12(19)8-3-5-9(14)6-4-8/h3-7H,1-2H3,(H,15,20)(H,16,19). The first-order valence-corrected chi connectivity index (χ1v) is 5.84. The van der Waals surface area contributed by atoms with Gasteiger partial charge in [-0.15, -0.1) is 0 Å². The molecule has 1 aromatic heterocycles. The molecule has 7 heteroatoms. The van der Waals surface area contributed by atoms with Gasteiger partial charge in [0, 0.05) is 25.9 Å². The highest BCUT2D eigenvalue weighted by Gasteiger charge is 2.17. The summed E-state index contributed by atoms with van der Waals surface area (Å²) in [5.74, 6) is -1.27. The van der Waals surface area contributed by atoms with Gasteiger partial charge >= 0.3 is 0 Å². The predicted molar refractivity (Wildman–Crippen MR) is 71.0 cm³/mol. The molecule has 104 valence electrons. The summed E-state index contributed by atoms with van der Waals surface area (Å²) in [6.45, 7) is 0. The average molecular weight is 276 g/mol. The summed E-state index contributed by atoms with van der Waals surface area (Å²) in [7, 11) is 3.11. The number of carbonyl (C=O) groups excluding carboxylic acids is 2. The molecular formula is C13H13FN4O2. The van der Waals surface area contributed by atoms with Gasteiger partial charge in [0.2, 0.25) is 0 Å². The van der Waals surface area contributed by atoms with E-state index < -0.39 is 17.6 Å². The van der Waals surface area contributed by atoms with E-state index in [-0.39, 0.29) is 11.3 Å². The number of rotatable bonds is 3. The second-order valence-corrected chi connectivity index (χ2v) is 4.11. The van der Waals surface area contributed by atoms with E-state index in [0.717, 1.165) is 0 Å². The maximum Gasteiger partial charge on any atom is 0.273 e. The molecule has 1 heterocycles. The van der Waals surface area contributed by atoms with E-state index in [9.17, 15) is 14.0 Å². The average Bonchev–Trinajstić information content (AvgIpc) is 2.79. The van der Waals surface area contributed by atoms with E-state index in [2.05, 4.69) is 15.7 Å². The van der Waals surface area contributed by atoms with E-state index in [1.807, 2.05) is 0 Å². The number of nitrogens with zero attached hydrogens (tertiary/aromatic N) is 2. The van der Waals surface area contributed by atoms with Crippen molar-refractivity contribution in [2.45, 2.75) is 0 Å². The highest BCUT2D eigenvalue weighted by molar-refractivity contribution is 6.08. The van der Waals surface area contributed by atoms with Crippen LogP contribution < -0.4 is 10.6 Å². The van der Waals surface area contributed by atoms with Crippen LogP contribution in [-0.2, 0) is 7.05 Å². The van der Waals surface area contributed by atoms with Crippen molar-refractivity contribution in [2.75, 3.05) is 12.4 Å². The van der Waals surface area contributed by atoms with Crippen molar-refractivity contribution < 1.29 is 14.0 Å². The molecule has 6 nitrogen and oxygen atoms in total. The van der Waals surface area contributed by atoms with Crippen molar-refractivity contribution in [1.29, 1.82) is 0 Å². The number of hydrogen-bond donors (Lipinski definition) is 2. The Morgan fingerprint density at radius 1 is 1.20 bits per heavy atom. The molecule has 0 spiro atoms. The maximum absolute atomic E-state index is 12.8. The van der Waals surface area contributed by atoms with E-state index in [4.69, 9.17) is 0 Å². The van der Waals surface area contributed by atoms with E-state index >= 15 is 0 Å². The van der Waals surface area contributed by atoms with Crippen LogP contribution in [0.15, 0.2) is 30.5 Å². The van der Waals surface area contributed by atoms with Crippen LogP contribution in [0.4, 0.5) is 10.1 Å². The van der Waals surface area contributed by atoms with Gasteiger partial charge in [0.1, 0.15) is 5.82 Å². The van der Waals surface area contributed by atoms with Gasteiger partial charge in [0.15, 0.2) is 5.69 Å². The topological polar surface area (TPSA) is 76.0 Å². The largest absolute Gasteiger partial charge is 0.354 e. The van der Waals surface area contributed by atoms with Crippen LogP contribution in [0.2, 0.25) is 0 Å². The molecule has 0 bridgehead atoms. The Balaban J connectivity index is 2.23. The molecule has 1 aromatic carbocycles. The summed E-state index contributed by atoms with van der Waals surface area (Å²) in [5, 5.41) is 8.99. The van der Waals surface area contributed by atoms with Gasteiger partial charge in [0.25, 0.3) is 11.8 Å². The zero-order chi connectivity index (χ0) is 14.7. The number of anilines is 1. The number of aryl methyl sites for hydroxylation is 1. The summed E-state index contributed by atoms with van der Waals surface area (Å²) >= 11 is 0. The molecule has 0 aliphatic carbocycles. The highest BCUT2D eigenvalue weighted by Crippen LogP contribution is 2.14. The van der Waals surface area contributed by atoms with Crippen molar-refractivity contribution in [3.05, 3.63) is 47.5 Å². The normalized spacial score (nSPS) is 10.2. The summed E-state index contributed by atoms with van der Waals surface area (Å²) in [4.78, 5) is 23.6. The quantitative estimate of drug-likeness (QED) is 0.883. The number of benzene rings is 1. The Kier molecular flexibility index (Phi) is 3.79. The summed E-state index contributed by atoms with van der Waals surface area (Å²) in [6.07, 6.45) is 1.52. The fraction of sp³-hybridized carbons (Fsp3) is 0.154. The van der Waals surface area contributed by atoms with Crippen LogP contribution in [0.1, 0.15) is 20.8 Å². The fourth-order valence-corrected chi connectivity index (χ4v) is 1.66. The van der Waals surface area contributed by atoms with E-state index in [1.165, 1.54) is 42.2 Å². The Labute approximate surface area is 114 Å². The molecule has 0 atom stereocenters. The molecule has 0 saturated carbocycles. The van der Waals surface area contributed by atoms with Crippen molar-refractivity contribution in [2.24, 2.45) is 7.05 Å². The lowest BCUT2D eigenvalue weighted by molar-refractivity contribution is 0.0958. The van der Waals surface area contributed by atoms with Gasteiger partial charge in [-0.25, -0.2) is 4.39 Å². The Bertz CT molecular complexity index is 649. The minimum Gasteiger partial charge on any atom is -0.354 e. The minimum absolute atomic E-state index is 0.116. The van der Waals surface area contributed by atoms with Crippen LogP contribution in [0, 0.1) is 5.82 Å². The lowest BCUT2D eigenvalue weighted by Gasteiger charge is -2.04. The van der Waals surface area contributed by atoms with Crippen molar-refractivity contribution in [3.8, 4) is 0 Å². The van der Waals surface area contributed by atoms with Crippen LogP contribution in [0.25, 0.3) is 0 Å². The predicted octanol–water partition coefficient (Wildman–Crippen LogP) is 1.17. The zero-order valence-electron chi connectivity index (χ0n) is 11.0. The highest BCUT2D eigenvalue weighted by atomic mass is 19.1. The van der Waals surface area contributed by atoms with Crippen molar-refractivity contribution in [3.63, 3.8) is 0 Å². The monoisotopic (exact) mass is 276 g/mol. The molecular weight excluding hydrogens is 263 g/mol. The summed E-state index contributed by atoms with van der Waals surface area (Å²) < 4.78 is 14.2. The maximum atomic E-state index is 12.8. The molecule has 0 fully saturated rings. The first kappa shape index (κ1) is 13.7. The first-order chi connectivity index (χ1) is 9.51. The van der Waals surface area contributed by atoms with Crippen molar-refractivity contribution in [1.82, 2.24) is 15.1 Å². The number of nitrogens with one attached hydrogen (secondary N) is 2. The van der Waals surface area contributed by atoms with E-state index in [1.54, 1.807) is 7.05 Å². The molecule has 20 heavy (non-hydrogen) atoms. The fourth-order valence-electron chi connectivity index (χ4n) is 1.66. The third kappa shape index (κ3) is 2.82. The minimum atomic E-state index is -0.442. The van der Waals surface area contributed by atoms with Crippen molar-refractivity contribution >= 4 is 17.5 Å². The SMILES string of the molecule is CNC(=O)c1nn(C)cc1NC(=O)c1ccc(F)cc1. The van der Waals surface area contributed by atoms with Crippen LogP contribution in [-0.4, -0.2) is 28.6 Å². The summed E-state index contributed by atoms with van der Waals surface area (Å²) in [6, 6.07) is 5.11. The van der Waals surface area contributed by atoms with Gasteiger partial charge in [-0.2, -0.15) is 5.10 Å². The second kappa shape index (κ2) is 5.52. The zero-order valence-corrected chi connectivity index (χ0v) is 11.0. The van der Waals surface area contributed by atoms with Gasteiger partial charge in [-0.3, -0.25) is 14.3 Å². The third-order valence-electron chi connectivity index (χ3n) is 2.63. The lowest BCUT2D eigenvalue weighted by Crippen LogP contribution is -2.21. The van der Waals surface area contributed by atoms with Crippen LogP contribution in [0.5, 0.6) is 0 Å². The molecule has 0 unspecified atom stereocenters. The Hall–Kier alpha value is -2.70. The molecule has 0 radical (unpaired) electrons. The smallest absolute Gasteiger partial charge is 0.273 e. The molecule has 2 amide bonds. The number of carbonyl (C=O) groups is 2. The third-order valence-corrected chi connectivity index (χ3v) is 2.63. The number of amides is 2. The molecule has 0 aliphatic heterocycles. The molecule has 2 N–H and O–H groups in total. The van der Waals surface area contributed by atoms with Gasteiger partial charge in [0.05, 0.1) is 5.69 Å². The number of aromatic nitrogens is 2. The number of halogens is 1. The second-order valence-electron chi connectivity index (χ2n) is 4.11. The molecule has 2 rings (SSSR count). The first-order valence-electron chi connectivity index (χ1n) is 5.84. The molecule has 0 saturated heterocycles. The molecule has 0 aliphatic rings. The summed E-state index contributed by atoms with van der Waals surface area (Å²) in [5.41, 5.74) is 0.699.